The highest BCUT2D eigenvalue weighted by Gasteiger charge is 2.74. The van der Waals surface area contributed by atoms with Gasteiger partial charge in [-0.15, -0.1) is 0 Å². The lowest BCUT2D eigenvalue weighted by Gasteiger charge is -2.78. The molecule has 2 amide bonds. The summed E-state index contributed by atoms with van der Waals surface area (Å²) in [5.74, 6) is 4.25. The van der Waals surface area contributed by atoms with Crippen LogP contribution in [0.25, 0.3) is 0 Å². The molecule has 0 bridgehead atoms. The lowest BCUT2D eigenvalue weighted by atomic mass is 9.49. The third kappa shape index (κ3) is 4.43. The van der Waals surface area contributed by atoms with Gasteiger partial charge in [-0.3, -0.25) is 14.5 Å². The third-order valence-electron chi connectivity index (χ3n) is 18.4. The Bertz CT molecular complexity index is 1890. The van der Waals surface area contributed by atoms with Gasteiger partial charge in [0.1, 0.15) is 0 Å². The van der Waals surface area contributed by atoms with Crippen LogP contribution in [-0.4, -0.2) is 80.9 Å². The molecular formula is C50H58N4O2. The monoisotopic (exact) mass is 746 g/mol. The van der Waals surface area contributed by atoms with Crippen molar-refractivity contribution in [2.45, 2.75) is 150 Å². The number of anilines is 1. The first-order valence-corrected chi connectivity index (χ1v) is 23.0. The molecule has 10 fully saturated rings. The molecule has 0 spiro atoms. The minimum absolute atomic E-state index is 0.146. The van der Waals surface area contributed by atoms with Crippen LogP contribution in [0.15, 0.2) is 91.0 Å². The van der Waals surface area contributed by atoms with Gasteiger partial charge in [-0.25, -0.2) is 0 Å². The van der Waals surface area contributed by atoms with Crippen LogP contribution in [0.4, 0.5) is 5.69 Å². The molecule has 5 heterocycles. The van der Waals surface area contributed by atoms with E-state index in [2.05, 4.69) is 111 Å². The first kappa shape index (κ1) is 33.3. The molecule has 0 radical (unpaired) electrons. The normalized spacial score (nSPS) is 45.7. The molecule has 5 aliphatic heterocycles. The van der Waals surface area contributed by atoms with Gasteiger partial charge in [0.25, 0.3) is 0 Å². The molecule has 16 atom stereocenters. The highest BCUT2D eigenvalue weighted by molar-refractivity contribution is 5.84. The van der Waals surface area contributed by atoms with E-state index < -0.39 is 0 Å². The highest BCUT2D eigenvalue weighted by atomic mass is 16.2. The first-order chi connectivity index (χ1) is 27.7. The molecule has 6 nitrogen and oxygen atoms in total. The number of piperazine rings is 3. The Balaban J connectivity index is 0.985. The van der Waals surface area contributed by atoms with E-state index in [0.717, 1.165) is 51.4 Å². The summed E-state index contributed by atoms with van der Waals surface area (Å²) in [6, 6.07) is 36.7. The minimum Gasteiger partial charge on any atom is -0.362 e. The number of fused-ring (bicyclic) bond motifs is 6. The van der Waals surface area contributed by atoms with E-state index in [4.69, 9.17) is 0 Å². The second-order valence-corrected chi connectivity index (χ2v) is 20.2. The Morgan fingerprint density at radius 1 is 0.393 bits per heavy atom. The summed E-state index contributed by atoms with van der Waals surface area (Å²) in [5.41, 5.74) is 4.31. The molecule has 56 heavy (non-hydrogen) atoms. The quantitative estimate of drug-likeness (QED) is 0.271. The number of piperidine rings is 2. The lowest BCUT2D eigenvalue weighted by Crippen LogP contribution is -2.93. The summed E-state index contributed by atoms with van der Waals surface area (Å²) >= 11 is 0. The SMILES string of the molecule is O=C1C2CCC(c3ccccc3)CC2C2CC3C4CC(c5ccccc5)CCC4C(=O)N4C5CCCC6C5N5C(C2N1C1CCCC(C15)N6c1ccccc1)C34. The van der Waals surface area contributed by atoms with E-state index in [9.17, 15) is 0 Å². The van der Waals surface area contributed by atoms with Crippen LogP contribution in [0.1, 0.15) is 106 Å². The van der Waals surface area contributed by atoms with E-state index in [1.54, 1.807) is 0 Å². The molecule has 0 aromatic heterocycles. The van der Waals surface area contributed by atoms with E-state index >= 15 is 9.59 Å². The standard InChI is InChI=1S/C50H58N4O2/c55-49-34-24-22-31(29-12-4-1-5-13-29)26-36(34)38-28-39-37-27-32(30-14-6-2-7-15-30)23-25-35(37)50(56)53-43-21-11-19-41-47(43)54-46-40(51(41)33-16-8-3-9-17-33)18-10-20-42(46)52(49)44(38)48(54)45(39)53/h1-9,12-17,31-32,34-48H,10-11,18-28H2. The Morgan fingerprint density at radius 3 is 1.29 bits per heavy atom. The Kier molecular flexibility index (Phi) is 7.40. The van der Waals surface area contributed by atoms with Crippen LogP contribution in [-0.2, 0) is 9.59 Å². The summed E-state index contributed by atoms with van der Waals surface area (Å²) < 4.78 is 0. The van der Waals surface area contributed by atoms with Crippen molar-refractivity contribution in [3.05, 3.63) is 102 Å². The van der Waals surface area contributed by atoms with E-state index in [1.807, 2.05) is 0 Å². The number of nitrogens with zero attached hydrogens (tertiary/aromatic N) is 4. The maximum absolute atomic E-state index is 15.5. The molecule has 290 valence electrons. The third-order valence-corrected chi connectivity index (χ3v) is 18.4. The zero-order valence-corrected chi connectivity index (χ0v) is 32.8. The Hall–Kier alpha value is -3.64. The van der Waals surface area contributed by atoms with E-state index in [-0.39, 0.29) is 42.0 Å². The van der Waals surface area contributed by atoms with Crippen molar-refractivity contribution in [1.29, 1.82) is 0 Å². The molecule has 3 aromatic carbocycles. The fourth-order valence-corrected chi connectivity index (χ4v) is 16.8. The molecule has 6 heteroatoms. The van der Waals surface area contributed by atoms with Crippen molar-refractivity contribution in [2.24, 2.45) is 35.5 Å². The lowest BCUT2D eigenvalue weighted by molar-refractivity contribution is -0.258. The Morgan fingerprint density at radius 2 is 0.821 bits per heavy atom. The Labute approximate surface area is 333 Å². The predicted molar refractivity (Wildman–Crippen MR) is 218 cm³/mol. The molecule has 5 saturated heterocycles. The fraction of sp³-hybridized carbons (Fsp3) is 0.600. The molecule has 5 aliphatic carbocycles. The summed E-state index contributed by atoms with van der Waals surface area (Å²) in [6.07, 6.45) is 14.9. The smallest absolute Gasteiger partial charge is 0.226 e. The van der Waals surface area contributed by atoms with E-state index in [0.29, 0.717) is 71.5 Å². The highest BCUT2D eigenvalue weighted by Crippen LogP contribution is 2.64. The topological polar surface area (TPSA) is 47.1 Å². The average molecular weight is 747 g/mol. The molecular weight excluding hydrogens is 689 g/mol. The van der Waals surface area contributed by atoms with Gasteiger partial charge in [0, 0.05) is 41.7 Å². The maximum Gasteiger partial charge on any atom is 0.226 e. The number of carbonyl (C=O) groups excluding carboxylic acids is 2. The summed E-state index contributed by atoms with van der Waals surface area (Å²) in [4.78, 5) is 42.4. The van der Waals surface area contributed by atoms with Gasteiger partial charge >= 0.3 is 0 Å². The zero-order chi connectivity index (χ0) is 36.8. The van der Waals surface area contributed by atoms with E-state index in [1.165, 1.54) is 48.9 Å². The number of carbonyl (C=O) groups is 2. The molecule has 3 aromatic rings. The summed E-state index contributed by atoms with van der Waals surface area (Å²) in [5, 5.41) is 0. The van der Waals surface area contributed by atoms with Crippen molar-refractivity contribution < 1.29 is 9.59 Å². The van der Waals surface area contributed by atoms with Crippen molar-refractivity contribution in [3.8, 4) is 0 Å². The van der Waals surface area contributed by atoms with Crippen LogP contribution >= 0.6 is 0 Å². The number of hydrogen-bond acceptors (Lipinski definition) is 4. The molecule has 0 N–H and O–H groups in total. The summed E-state index contributed by atoms with van der Waals surface area (Å²) in [7, 11) is 0. The minimum atomic E-state index is 0.146. The van der Waals surface area contributed by atoms with Crippen molar-refractivity contribution in [1.82, 2.24) is 14.7 Å². The number of hydrogen-bond donors (Lipinski definition) is 0. The van der Waals surface area contributed by atoms with Gasteiger partial charge in [-0.05, 0) is 142 Å². The molecule has 16 unspecified atom stereocenters. The van der Waals surface area contributed by atoms with Crippen molar-refractivity contribution >= 4 is 17.5 Å². The number of para-hydroxylation sites is 1. The van der Waals surface area contributed by atoms with Crippen LogP contribution in [0.2, 0.25) is 0 Å². The van der Waals surface area contributed by atoms with Gasteiger partial charge in [-0.1, -0.05) is 78.9 Å². The molecule has 5 saturated carbocycles. The number of rotatable bonds is 3. The van der Waals surface area contributed by atoms with Crippen LogP contribution in [0.5, 0.6) is 0 Å². The largest absolute Gasteiger partial charge is 0.362 e. The average Bonchev–Trinajstić information content (AvgIpc) is 3.26. The van der Waals surface area contributed by atoms with Crippen LogP contribution in [0, 0.1) is 35.5 Å². The van der Waals surface area contributed by atoms with Crippen LogP contribution < -0.4 is 4.90 Å². The zero-order valence-electron chi connectivity index (χ0n) is 32.8. The number of amides is 2. The van der Waals surface area contributed by atoms with Gasteiger partial charge in [0.2, 0.25) is 11.8 Å². The first-order valence-electron chi connectivity index (χ1n) is 23.0. The van der Waals surface area contributed by atoms with Crippen molar-refractivity contribution in [3.63, 3.8) is 0 Å². The van der Waals surface area contributed by atoms with Gasteiger partial charge in [-0.2, -0.15) is 0 Å². The van der Waals surface area contributed by atoms with Gasteiger partial charge < -0.3 is 14.7 Å². The second-order valence-electron chi connectivity index (χ2n) is 20.2. The molecule has 10 aliphatic rings. The fourth-order valence-electron chi connectivity index (χ4n) is 16.8. The maximum atomic E-state index is 15.5. The number of benzene rings is 3. The second kappa shape index (κ2) is 12.4. The van der Waals surface area contributed by atoms with Crippen LogP contribution in [0.3, 0.4) is 0 Å². The predicted octanol–water partition coefficient (Wildman–Crippen LogP) is 8.24. The molecule has 13 rings (SSSR count). The van der Waals surface area contributed by atoms with Gasteiger partial charge in [0.05, 0.1) is 30.2 Å². The summed E-state index contributed by atoms with van der Waals surface area (Å²) in [6.45, 7) is 0. The van der Waals surface area contributed by atoms with Gasteiger partial charge in [0.15, 0.2) is 0 Å². The van der Waals surface area contributed by atoms with Crippen molar-refractivity contribution in [2.75, 3.05) is 4.90 Å².